The van der Waals surface area contributed by atoms with Crippen LogP contribution in [0.15, 0.2) is 12.4 Å². The maximum absolute atomic E-state index is 12.3. The summed E-state index contributed by atoms with van der Waals surface area (Å²) < 4.78 is 5.20. The zero-order chi connectivity index (χ0) is 15.7. The molecule has 7 nitrogen and oxygen atoms in total. The zero-order valence-electron chi connectivity index (χ0n) is 12.2. The summed E-state index contributed by atoms with van der Waals surface area (Å²) in [5.41, 5.74) is 0.528. The average molecular weight is 325 g/mol. The van der Waals surface area contributed by atoms with Gasteiger partial charge in [-0.3, -0.25) is 9.78 Å². The number of nitrogens with zero attached hydrogens (tertiary/aromatic N) is 3. The van der Waals surface area contributed by atoms with E-state index >= 15 is 0 Å². The molecule has 2 aliphatic heterocycles. The highest BCUT2D eigenvalue weighted by Crippen LogP contribution is 2.30. The van der Waals surface area contributed by atoms with Crippen LogP contribution in [0.4, 0.5) is 4.79 Å². The van der Waals surface area contributed by atoms with Crippen molar-refractivity contribution in [2.24, 2.45) is 5.92 Å². The predicted molar refractivity (Wildman–Crippen MR) is 78.0 cm³/mol. The van der Waals surface area contributed by atoms with Crippen LogP contribution in [-0.2, 0) is 16.1 Å². The van der Waals surface area contributed by atoms with Gasteiger partial charge in [0.05, 0.1) is 24.2 Å². The highest BCUT2D eigenvalue weighted by Gasteiger charge is 2.44. The van der Waals surface area contributed by atoms with Gasteiger partial charge in [-0.2, -0.15) is 0 Å². The fourth-order valence-electron chi connectivity index (χ4n) is 2.99. The molecular weight excluding hydrogens is 308 g/mol. The van der Waals surface area contributed by atoms with Gasteiger partial charge >= 0.3 is 6.09 Å². The Morgan fingerprint density at radius 3 is 3.00 bits per heavy atom. The summed E-state index contributed by atoms with van der Waals surface area (Å²) in [4.78, 5) is 33.7. The molecule has 22 heavy (non-hydrogen) atoms. The molecule has 2 saturated heterocycles. The van der Waals surface area contributed by atoms with Gasteiger partial charge in [0.2, 0.25) is 5.91 Å². The molecule has 1 N–H and O–H groups in total. The zero-order valence-corrected chi connectivity index (χ0v) is 12.9. The normalized spacial score (nSPS) is 27.3. The summed E-state index contributed by atoms with van der Waals surface area (Å²) in [6.45, 7) is 2.51. The van der Waals surface area contributed by atoms with Crippen LogP contribution >= 0.6 is 11.6 Å². The van der Waals surface area contributed by atoms with Gasteiger partial charge in [0.1, 0.15) is 6.10 Å². The molecule has 3 atom stereocenters. The van der Waals surface area contributed by atoms with Crippen LogP contribution in [0.1, 0.15) is 25.5 Å². The molecular formula is C14H17ClN4O3. The summed E-state index contributed by atoms with van der Waals surface area (Å²) in [5.74, 6) is -0.336. The van der Waals surface area contributed by atoms with Crippen LogP contribution < -0.4 is 5.32 Å². The minimum absolute atomic E-state index is 0.0889. The van der Waals surface area contributed by atoms with E-state index in [9.17, 15) is 9.59 Å². The highest BCUT2D eigenvalue weighted by atomic mass is 35.5. The fraction of sp³-hybridized carbons (Fsp3) is 0.571. The van der Waals surface area contributed by atoms with Crippen LogP contribution in [0, 0.1) is 5.92 Å². The second kappa shape index (κ2) is 6.08. The number of piperidine rings is 1. The number of carbonyl (C=O) groups is 2. The van der Waals surface area contributed by atoms with Gasteiger partial charge in [-0.1, -0.05) is 11.6 Å². The molecule has 2 aliphatic rings. The molecule has 3 heterocycles. The maximum Gasteiger partial charge on any atom is 0.410 e. The quantitative estimate of drug-likeness (QED) is 0.907. The minimum Gasteiger partial charge on any atom is -0.444 e. The Balaban J connectivity index is 1.57. The average Bonchev–Trinajstić information content (AvgIpc) is 2.80. The van der Waals surface area contributed by atoms with E-state index in [4.69, 9.17) is 16.3 Å². The van der Waals surface area contributed by atoms with Crippen LogP contribution in [0.3, 0.4) is 0 Å². The van der Waals surface area contributed by atoms with Crippen molar-refractivity contribution in [3.63, 3.8) is 0 Å². The maximum atomic E-state index is 12.3. The second-order valence-corrected chi connectivity index (χ2v) is 5.95. The Bertz CT molecular complexity index is 597. The van der Waals surface area contributed by atoms with E-state index in [1.165, 1.54) is 12.4 Å². The first kappa shape index (κ1) is 15.0. The predicted octanol–water partition coefficient (Wildman–Crippen LogP) is 1.37. The van der Waals surface area contributed by atoms with Crippen LogP contribution in [0.5, 0.6) is 0 Å². The van der Waals surface area contributed by atoms with E-state index in [-0.39, 0.29) is 41.8 Å². The van der Waals surface area contributed by atoms with Crippen molar-refractivity contribution in [1.29, 1.82) is 0 Å². The number of hydrogen-bond acceptors (Lipinski definition) is 5. The van der Waals surface area contributed by atoms with E-state index < -0.39 is 0 Å². The fourth-order valence-corrected chi connectivity index (χ4v) is 3.16. The van der Waals surface area contributed by atoms with Gasteiger partial charge in [0.15, 0.2) is 5.15 Å². The van der Waals surface area contributed by atoms with Crippen molar-refractivity contribution in [3.05, 3.63) is 23.2 Å². The topological polar surface area (TPSA) is 84.4 Å². The lowest BCUT2D eigenvalue weighted by molar-refractivity contribution is -0.126. The lowest BCUT2D eigenvalue weighted by atomic mass is 9.91. The number of cyclic esters (lactones) is 1. The first-order valence-corrected chi connectivity index (χ1v) is 7.64. The molecule has 0 aliphatic carbocycles. The SMILES string of the molecule is CC1OC(=O)N2C[C@H](C(=O)NCc3nccnc3Cl)CC[C@@H]12. The second-order valence-electron chi connectivity index (χ2n) is 5.59. The molecule has 1 aromatic rings. The molecule has 1 unspecified atom stereocenters. The molecule has 0 bridgehead atoms. The Kier molecular flexibility index (Phi) is 4.15. The Morgan fingerprint density at radius 2 is 2.23 bits per heavy atom. The third kappa shape index (κ3) is 2.85. The van der Waals surface area contributed by atoms with Crippen molar-refractivity contribution in [2.45, 2.75) is 38.5 Å². The Morgan fingerprint density at radius 1 is 1.45 bits per heavy atom. The molecule has 3 rings (SSSR count). The molecule has 2 amide bonds. The number of halogens is 1. The summed E-state index contributed by atoms with van der Waals surface area (Å²) >= 11 is 5.91. The van der Waals surface area contributed by atoms with Crippen molar-refractivity contribution >= 4 is 23.6 Å². The molecule has 8 heteroatoms. The molecule has 0 spiro atoms. The lowest BCUT2D eigenvalue weighted by Gasteiger charge is -2.33. The van der Waals surface area contributed by atoms with E-state index in [0.29, 0.717) is 12.2 Å². The molecule has 0 saturated carbocycles. The number of carbonyl (C=O) groups excluding carboxylic acids is 2. The highest BCUT2D eigenvalue weighted by molar-refractivity contribution is 6.29. The summed E-state index contributed by atoms with van der Waals surface area (Å²) in [6, 6.07) is 0.0889. The van der Waals surface area contributed by atoms with Gasteiger partial charge in [0.25, 0.3) is 0 Å². The van der Waals surface area contributed by atoms with Crippen molar-refractivity contribution < 1.29 is 14.3 Å². The van der Waals surface area contributed by atoms with E-state index in [2.05, 4.69) is 15.3 Å². The largest absolute Gasteiger partial charge is 0.444 e. The number of amides is 2. The van der Waals surface area contributed by atoms with Crippen LogP contribution in [-0.4, -0.2) is 45.6 Å². The number of nitrogens with one attached hydrogen (secondary N) is 1. The number of ether oxygens (including phenoxy) is 1. The first-order valence-electron chi connectivity index (χ1n) is 7.26. The third-order valence-corrected chi connectivity index (χ3v) is 4.53. The smallest absolute Gasteiger partial charge is 0.410 e. The molecule has 2 fully saturated rings. The Hall–Kier alpha value is -1.89. The number of aromatic nitrogens is 2. The third-order valence-electron chi connectivity index (χ3n) is 4.22. The van der Waals surface area contributed by atoms with E-state index in [0.717, 1.165) is 12.8 Å². The summed E-state index contributed by atoms with van der Waals surface area (Å²) in [5, 5.41) is 3.09. The Labute approximate surface area is 133 Å². The summed E-state index contributed by atoms with van der Waals surface area (Å²) in [7, 11) is 0. The summed E-state index contributed by atoms with van der Waals surface area (Å²) in [6.07, 6.45) is 4.11. The number of hydrogen-bond donors (Lipinski definition) is 1. The minimum atomic E-state index is -0.327. The van der Waals surface area contributed by atoms with E-state index in [1.54, 1.807) is 4.90 Å². The van der Waals surface area contributed by atoms with Gasteiger partial charge in [-0.25, -0.2) is 9.78 Å². The van der Waals surface area contributed by atoms with Crippen molar-refractivity contribution in [2.75, 3.05) is 6.54 Å². The standard InChI is InChI=1S/C14H17ClN4O3/c1-8-11-3-2-9(7-19(11)14(21)22-8)13(20)18-6-10-12(15)17-5-4-16-10/h4-5,8-9,11H,2-3,6-7H2,1H3,(H,18,20)/t8?,9-,11+/m1/s1. The molecule has 118 valence electrons. The van der Waals surface area contributed by atoms with Gasteiger partial charge < -0.3 is 15.0 Å². The molecule has 0 radical (unpaired) electrons. The van der Waals surface area contributed by atoms with Gasteiger partial charge in [-0.05, 0) is 19.8 Å². The van der Waals surface area contributed by atoms with Gasteiger partial charge in [0, 0.05) is 18.9 Å². The van der Waals surface area contributed by atoms with Crippen molar-refractivity contribution in [1.82, 2.24) is 20.2 Å². The molecule has 1 aromatic heterocycles. The number of fused-ring (bicyclic) bond motifs is 1. The number of rotatable bonds is 3. The monoisotopic (exact) mass is 324 g/mol. The van der Waals surface area contributed by atoms with Gasteiger partial charge in [-0.15, -0.1) is 0 Å². The van der Waals surface area contributed by atoms with Crippen LogP contribution in [0.25, 0.3) is 0 Å². The van der Waals surface area contributed by atoms with Crippen molar-refractivity contribution in [3.8, 4) is 0 Å². The lowest BCUT2D eigenvalue weighted by Crippen LogP contribution is -2.48. The molecule has 0 aromatic carbocycles. The van der Waals surface area contributed by atoms with E-state index in [1.807, 2.05) is 6.92 Å². The van der Waals surface area contributed by atoms with Crippen LogP contribution in [0.2, 0.25) is 5.15 Å². The first-order chi connectivity index (χ1) is 10.6.